The van der Waals surface area contributed by atoms with Gasteiger partial charge in [-0.2, -0.15) is 13.2 Å². The first-order valence-electron chi connectivity index (χ1n) is 10.6. The van der Waals surface area contributed by atoms with E-state index in [2.05, 4.69) is 10.3 Å². The van der Waals surface area contributed by atoms with E-state index >= 15 is 0 Å². The van der Waals surface area contributed by atoms with E-state index in [1.54, 1.807) is 18.2 Å². The van der Waals surface area contributed by atoms with E-state index in [0.717, 1.165) is 0 Å². The number of amides is 2. The summed E-state index contributed by atoms with van der Waals surface area (Å²) in [6.45, 7) is 5.86. The highest BCUT2D eigenvalue weighted by Gasteiger charge is 2.42. The van der Waals surface area contributed by atoms with Gasteiger partial charge in [0.25, 0.3) is 5.91 Å². The summed E-state index contributed by atoms with van der Waals surface area (Å²) in [5.74, 6) is -0.879. The van der Waals surface area contributed by atoms with E-state index < -0.39 is 23.7 Å². The van der Waals surface area contributed by atoms with Crippen LogP contribution in [0.3, 0.4) is 0 Å². The highest BCUT2D eigenvalue weighted by Crippen LogP contribution is 2.33. The molecule has 0 radical (unpaired) electrons. The summed E-state index contributed by atoms with van der Waals surface area (Å²) in [6, 6.07) is 11.1. The maximum Gasteiger partial charge on any atom is 0.412 e. The van der Waals surface area contributed by atoms with Crippen molar-refractivity contribution in [1.29, 1.82) is 0 Å². The van der Waals surface area contributed by atoms with Crippen LogP contribution in [-0.2, 0) is 11.3 Å². The minimum absolute atomic E-state index is 0.0460. The monoisotopic (exact) mass is 460 g/mol. The van der Waals surface area contributed by atoms with Gasteiger partial charge in [0.1, 0.15) is 0 Å². The van der Waals surface area contributed by atoms with Gasteiger partial charge in [0.05, 0.1) is 18.5 Å². The molecule has 0 aliphatic carbocycles. The third-order valence-electron chi connectivity index (χ3n) is 5.97. The lowest BCUT2D eigenvalue weighted by molar-refractivity contribution is -0.155. The molecule has 2 unspecified atom stereocenters. The standard InChI is InChI=1S/C24H27F3N4O2/c1-15(2)23(3)13-19(32)31(22(28)30-23)14-16-8-7-11-18(12-16)21(33)29-20(24(25,26)27)17-9-5-4-6-10-17/h4-12,15,20H,13-14H2,1-3H3,(H2,28,30)(H,29,33). The fourth-order valence-electron chi connectivity index (χ4n) is 3.60. The predicted octanol–water partition coefficient (Wildman–Crippen LogP) is 4.18. The van der Waals surface area contributed by atoms with Gasteiger partial charge < -0.3 is 11.1 Å². The summed E-state index contributed by atoms with van der Waals surface area (Å²) < 4.78 is 40.8. The molecule has 1 aliphatic heterocycles. The molecule has 3 N–H and O–H groups in total. The molecule has 33 heavy (non-hydrogen) atoms. The molecular formula is C24H27F3N4O2. The molecule has 176 valence electrons. The summed E-state index contributed by atoms with van der Waals surface area (Å²) in [7, 11) is 0. The van der Waals surface area contributed by atoms with E-state index in [4.69, 9.17) is 5.73 Å². The van der Waals surface area contributed by atoms with Crippen molar-refractivity contribution in [2.75, 3.05) is 0 Å². The van der Waals surface area contributed by atoms with Gasteiger partial charge in [-0.1, -0.05) is 56.3 Å². The Morgan fingerprint density at radius 1 is 1.18 bits per heavy atom. The van der Waals surface area contributed by atoms with Gasteiger partial charge in [0.2, 0.25) is 5.91 Å². The summed E-state index contributed by atoms with van der Waals surface area (Å²) in [5.41, 5.74) is 5.99. The number of hydrogen-bond donors (Lipinski definition) is 2. The number of rotatable bonds is 6. The molecule has 0 spiro atoms. The molecule has 0 fully saturated rings. The van der Waals surface area contributed by atoms with Crippen LogP contribution in [0, 0.1) is 5.92 Å². The van der Waals surface area contributed by atoms with Crippen molar-refractivity contribution < 1.29 is 22.8 Å². The van der Waals surface area contributed by atoms with Crippen LogP contribution in [-0.4, -0.2) is 34.4 Å². The Morgan fingerprint density at radius 2 is 1.85 bits per heavy atom. The lowest BCUT2D eigenvalue weighted by Crippen LogP contribution is -2.51. The lowest BCUT2D eigenvalue weighted by atomic mass is 9.84. The molecule has 1 aliphatic rings. The number of aliphatic imine (C=N–C) groups is 1. The fourth-order valence-corrected chi connectivity index (χ4v) is 3.60. The largest absolute Gasteiger partial charge is 0.412 e. The molecule has 2 atom stereocenters. The van der Waals surface area contributed by atoms with Gasteiger partial charge in [0.15, 0.2) is 12.0 Å². The van der Waals surface area contributed by atoms with Crippen LogP contribution >= 0.6 is 0 Å². The van der Waals surface area contributed by atoms with E-state index in [0.29, 0.717) is 5.56 Å². The van der Waals surface area contributed by atoms with E-state index in [-0.39, 0.29) is 41.9 Å². The number of nitrogens with zero attached hydrogens (tertiary/aromatic N) is 2. The number of guanidine groups is 1. The van der Waals surface area contributed by atoms with E-state index in [1.165, 1.54) is 41.3 Å². The second-order valence-electron chi connectivity index (χ2n) is 8.70. The molecule has 0 saturated heterocycles. The van der Waals surface area contributed by atoms with Crippen molar-refractivity contribution >= 4 is 17.8 Å². The average molecular weight is 461 g/mol. The molecule has 0 bridgehead atoms. The molecule has 0 saturated carbocycles. The predicted molar refractivity (Wildman–Crippen MR) is 119 cm³/mol. The molecule has 6 nitrogen and oxygen atoms in total. The molecule has 9 heteroatoms. The number of carbonyl (C=O) groups excluding carboxylic acids is 2. The zero-order valence-electron chi connectivity index (χ0n) is 18.7. The molecule has 2 aromatic rings. The number of carbonyl (C=O) groups is 2. The first-order valence-corrected chi connectivity index (χ1v) is 10.6. The van der Waals surface area contributed by atoms with Crippen molar-refractivity contribution in [2.24, 2.45) is 16.6 Å². The second kappa shape index (κ2) is 9.25. The van der Waals surface area contributed by atoms with Crippen LogP contribution in [0.2, 0.25) is 0 Å². The van der Waals surface area contributed by atoms with Crippen LogP contribution in [0.5, 0.6) is 0 Å². The van der Waals surface area contributed by atoms with Crippen LogP contribution in [0.25, 0.3) is 0 Å². The summed E-state index contributed by atoms with van der Waals surface area (Å²) >= 11 is 0. The number of benzene rings is 2. The molecule has 2 amide bonds. The van der Waals surface area contributed by atoms with Gasteiger partial charge in [-0.3, -0.25) is 14.5 Å². The van der Waals surface area contributed by atoms with E-state index in [1.807, 2.05) is 20.8 Å². The third-order valence-corrected chi connectivity index (χ3v) is 5.97. The van der Waals surface area contributed by atoms with Gasteiger partial charge >= 0.3 is 6.18 Å². The minimum atomic E-state index is -4.66. The number of nitrogens with two attached hydrogens (primary N) is 1. The van der Waals surface area contributed by atoms with Crippen molar-refractivity contribution in [1.82, 2.24) is 10.2 Å². The molecule has 0 aromatic heterocycles. The fraction of sp³-hybridized carbons (Fsp3) is 0.375. The second-order valence-corrected chi connectivity index (χ2v) is 8.70. The Morgan fingerprint density at radius 3 is 2.42 bits per heavy atom. The number of hydrogen-bond acceptors (Lipinski definition) is 4. The van der Waals surface area contributed by atoms with Crippen molar-refractivity contribution in [3.8, 4) is 0 Å². The normalized spacial score (nSPS) is 19.9. The number of halogens is 3. The first kappa shape index (κ1) is 24.3. The van der Waals surface area contributed by atoms with Gasteiger partial charge in [-0.05, 0) is 36.1 Å². The number of nitrogens with one attached hydrogen (secondary N) is 1. The molecule has 1 heterocycles. The van der Waals surface area contributed by atoms with Crippen LogP contribution in [0.15, 0.2) is 59.6 Å². The maximum absolute atomic E-state index is 13.6. The molecule has 3 rings (SSSR count). The third kappa shape index (κ3) is 5.53. The minimum Gasteiger partial charge on any atom is -0.369 e. The van der Waals surface area contributed by atoms with Gasteiger partial charge in [-0.25, -0.2) is 4.99 Å². The summed E-state index contributed by atoms with van der Waals surface area (Å²) in [4.78, 5) is 31.2. The van der Waals surface area contributed by atoms with E-state index in [9.17, 15) is 22.8 Å². The highest BCUT2D eigenvalue weighted by atomic mass is 19.4. The topological polar surface area (TPSA) is 87.8 Å². The Balaban J connectivity index is 1.79. The Bertz CT molecular complexity index is 1050. The SMILES string of the molecule is CC(C)C1(C)CC(=O)N(Cc2cccc(C(=O)NC(c3ccccc3)C(F)(F)F)c2)C(N)=N1. The zero-order chi connectivity index (χ0) is 24.4. The molecule has 2 aromatic carbocycles. The van der Waals surface area contributed by atoms with Crippen molar-refractivity contribution in [3.63, 3.8) is 0 Å². The van der Waals surface area contributed by atoms with Crippen LogP contribution in [0.4, 0.5) is 13.2 Å². The summed E-state index contributed by atoms with van der Waals surface area (Å²) in [6.07, 6.45) is -4.47. The van der Waals surface area contributed by atoms with Crippen molar-refractivity contribution in [3.05, 3.63) is 71.3 Å². The van der Waals surface area contributed by atoms with Gasteiger partial charge in [-0.15, -0.1) is 0 Å². The van der Waals surface area contributed by atoms with Gasteiger partial charge in [0, 0.05) is 5.56 Å². The quantitative estimate of drug-likeness (QED) is 0.678. The molecular weight excluding hydrogens is 433 g/mol. The Hall–Kier alpha value is -3.36. The Labute approximate surface area is 190 Å². The highest BCUT2D eigenvalue weighted by molar-refractivity contribution is 5.99. The van der Waals surface area contributed by atoms with Crippen LogP contribution < -0.4 is 11.1 Å². The van der Waals surface area contributed by atoms with Crippen LogP contribution in [0.1, 0.15) is 54.7 Å². The summed E-state index contributed by atoms with van der Waals surface area (Å²) in [5, 5.41) is 2.07. The Kier molecular flexibility index (Phi) is 6.81. The smallest absolute Gasteiger partial charge is 0.369 e. The van der Waals surface area contributed by atoms with Crippen molar-refractivity contribution in [2.45, 2.75) is 51.5 Å². The average Bonchev–Trinajstić information content (AvgIpc) is 2.74. The maximum atomic E-state index is 13.6. The zero-order valence-corrected chi connectivity index (χ0v) is 18.7. The number of alkyl halides is 3. The first-order chi connectivity index (χ1) is 15.4. The lowest BCUT2D eigenvalue weighted by Gasteiger charge is -2.37.